The molecule has 1 heterocycles. The van der Waals surface area contributed by atoms with Crippen LogP contribution in [-0.2, 0) is 11.2 Å². The van der Waals surface area contributed by atoms with Crippen LogP contribution in [0.4, 0.5) is 4.39 Å². The summed E-state index contributed by atoms with van der Waals surface area (Å²) in [6.45, 7) is 3.86. The van der Waals surface area contributed by atoms with Crippen molar-refractivity contribution in [1.82, 2.24) is 15.1 Å². The monoisotopic (exact) mass is 291 g/mol. The lowest BCUT2D eigenvalue weighted by atomic mass is 10.1. The van der Waals surface area contributed by atoms with Gasteiger partial charge in [-0.1, -0.05) is 0 Å². The van der Waals surface area contributed by atoms with Crippen LogP contribution in [0.1, 0.15) is 17.0 Å². The van der Waals surface area contributed by atoms with Gasteiger partial charge in [0.25, 0.3) is 0 Å². The molecule has 0 saturated heterocycles. The van der Waals surface area contributed by atoms with E-state index in [0.29, 0.717) is 0 Å². The maximum atomic E-state index is 13.0. The highest BCUT2D eigenvalue weighted by Gasteiger charge is 2.15. The molecule has 21 heavy (non-hydrogen) atoms. The van der Waals surface area contributed by atoms with Gasteiger partial charge in [-0.05, 0) is 38.1 Å². The lowest BCUT2D eigenvalue weighted by molar-refractivity contribution is -0.120. The fourth-order valence-electron chi connectivity index (χ4n) is 2.18. The summed E-state index contributed by atoms with van der Waals surface area (Å²) < 4.78 is 14.7. The molecule has 0 spiro atoms. The number of aryl methyl sites for hydroxylation is 1. The number of nitrogens with zero attached hydrogens (tertiary/aromatic N) is 2. The molecule has 6 heteroatoms. The summed E-state index contributed by atoms with van der Waals surface area (Å²) >= 11 is 0. The lowest BCUT2D eigenvalue weighted by Gasteiger charge is -2.06. The number of benzene rings is 1. The molecule has 1 aromatic carbocycles. The second-order valence-electron chi connectivity index (χ2n) is 4.79. The number of carbonyl (C=O) groups is 1. The van der Waals surface area contributed by atoms with Gasteiger partial charge in [-0.2, -0.15) is 5.10 Å². The molecule has 5 nitrogen and oxygen atoms in total. The molecule has 0 radical (unpaired) electrons. The molecule has 0 saturated carbocycles. The second kappa shape index (κ2) is 6.49. The van der Waals surface area contributed by atoms with Gasteiger partial charge in [0.1, 0.15) is 5.82 Å². The molecule has 2 rings (SSSR count). The summed E-state index contributed by atoms with van der Waals surface area (Å²) in [6.07, 6.45) is 0.207. The molecular weight excluding hydrogens is 273 g/mol. The first-order valence-corrected chi connectivity index (χ1v) is 6.71. The van der Waals surface area contributed by atoms with Gasteiger partial charge in [-0.25, -0.2) is 9.07 Å². The first-order chi connectivity index (χ1) is 10.0. The first-order valence-electron chi connectivity index (χ1n) is 6.71. The molecule has 1 aromatic heterocycles. The van der Waals surface area contributed by atoms with E-state index in [0.717, 1.165) is 22.6 Å². The molecule has 0 atom stereocenters. The summed E-state index contributed by atoms with van der Waals surface area (Å²) in [6, 6.07) is 6.04. The molecule has 0 unspecified atom stereocenters. The predicted octanol–water partition coefficient (Wildman–Crippen LogP) is 1.28. The van der Waals surface area contributed by atoms with E-state index in [1.54, 1.807) is 16.8 Å². The zero-order chi connectivity index (χ0) is 15.4. The van der Waals surface area contributed by atoms with E-state index in [2.05, 4.69) is 10.4 Å². The minimum absolute atomic E-state index is 0.0848. The normalized spacial score (nSPS) is 10.7. The van der Waals surface area contributed by atoms with Crippen molar-refractivity contribution in [2.75, 3.05) is 13.2 Å². The van der Waals surface area contributed by atoms with Gasteiger partial charge in [0, 0.05) is 17.8 Å². The summed E-state index contributed by atoms with van der Waals surface area (Å²) in [5.41, 5.74) is 3.20. The second-order valence-corrected chi connectivity index (χ2v) is 4.79. The van der Waals surface area contributed by atoms with Crippen molar-refractivity contribution in [3.63, 3.8) is 0 Å². The SMILES string of the molecule is Cc1nn(-c2ccc(F)cc2)c(C)c1CC(=O)NCCO. The highest BCUT2D eigenvalue weighted by molar-refractivity contribution is 5.79. The van der Waals surface area contributed by atoms with E-state index in [1.807, 2.05) is 13.8 Å². The quantitative estimate of drug-likeness (QED) is 0.872. The smallest absolute Gasteiger partial charge is 0.224 e. The maximum Gasteiger partial charge on any atom is 0.224 e. The lowest BCUT2D eigenvalue weighted by Crippen LogP contribution is -2.28. The summed E-state index contributed by atoms with van der Waals surface area (Å²) in [7, 11) is 0. The van der Waals surface area contributed by atoms with Gasteiger partial charge < -0.3 is 10.4 Å². The zero-order valence-corrected chi connectivity index (χ0v) is 12.1. The van der Waals surface area contributed by atoms with Crippen LogP contribution in [-0.4, -0.2) is 33.9 Å². The van der Waals surface area contributed by atoms with Crippen LogP contribution >= 0.6 is 0 Å². The van der Waals surface area contributed by atoms with Crippen molar-refractivity contribution in [2.45, 2.75) is 20.3 Å². The Morgan fingerprint density at radius 1 is 1.33 bits per heavy atom. The number of rotatable bonds is 5. The molecule has 0 aliphatic carbocycles. The Labute approximate surface area is 122 Å². The number of carbonyl (C=O) groups excluding carboxylic acids is 1. The van der Waals surface area contributed by atoms with Crippen molar-refractivity contribution in [2.24, 2.45) is 0 Å². The molecule has 0 bridgehead atoms. The van der Waals surface area contributed by atoms with Crippen molar-refractivity contribution in [3.05, 3.63) is 47.0 Å². The number of aliphatic hydroxyl groups is 1. The Kier molecular flexibility index (Phi) is 4.70. The average Bonchev–Trinajstić information content (AvgIpc) is 2.74. The van der Waals surface area contributed by atoms with Crippen LogP contribution in [0.5, 0.6) is 0 Å². The third-order valence-corrected chi connectivity index (χ3v) is 3.28. The molecule has 0 aliphatic rings. The first kappa shape index (κ1) is 15.2. The summed E-state index contributed by atoms with van der Waals surface area (Å²) in [4.78, 5) is 11.8. The van der Waals surface area contributed by atoms with Crippen molar-refractivity contribution in [1.29, 1.82) is 0 Å². The molecule has 2 aromatic rings. The van der Waals surface area contributed by atoms with Crippen LogP contribution in [0.15, 0.2) is 24.3 Å². The Bertz CT molecular complexity index is 635. The molecular formula is C15H18FN3O2. The van der Waals surface area contributed by atoms with Gasteiger partial charge in [0.2, 0.25) is 5.91 Å². The van der Waals surface area contributed by atoms with Gasteiger partial charge in [0.15, 0.2) is 0 Å². The van der Waals surface area contributed by atoms with E-state index in [9.17, 15) is 9.18 Å². The maximum absolute atomic E-state index is 13.0. The van der Waals surface area contributed by atoms with Crippen LogP contribution in [0.2, 0.25) is 0 Å². The van der Waals surface area contributed by atoms with Crippen LogP contribution in [0.25, 0.3) is 5.69 Å². The van der Waals surface area contributed by atoms with Gasteiger partial charge in [-0.15, -0.1) is 0 Å². The molecule has 2 N–H and O–H groups in total. The fraction of sp³-hybridized carbons (Fsp3) is 0.333. The standard InChI is InChI=1S/C15H18FN3O2/c1-10-14(9-15(21)17-7-8-20)11(2)19(18-10)13-5-3-12(16)4-6-13/h3-6,20H,7-9H2,1-2H3,(H,17,21). The Morgan fingerprint density at radius 2 is 2.00 bits per heavy atom. The number of aliphatic hydroxyl groups excluding tert-OH is 1. The van der Waals surface area contributed by atoms with E-state index in [1.165, 1.54) is 12.1 Å². The topological polar surface area (TPSA) is 67.2 Å². The minimum atomic E-state index is -0.302. The highest BCUT2D eigenvalue weighted by atomic mass is 19.1. The molecule has 1 amide bonds. The molecule has 0 aliphatic heterocycles. The van der Waals surface area contributed by atoms with Crippen molar-refractivity contribution >= 4 is 5.91 Å². The Morgan fingerprint density at radius 3 is 2.62 bits per heavy atom. The molecule has 112 valence electrons. The van der Waals surface area contributed by atoms with Gasteiger partial charge in [0.05, 0.1) is 24.4 Å². The third-order valence-electron chi connectivity index (χ3n) is 3.28. The fourth-order valence-corrected chi connectivity index (χ4v) is 2.18. The van der Waals surface area contributed by atoms with E-state index >= 15 is 0 Å². The number of amides is 1. The number of aromatic nitrogens is 2. The van der Waals surface area contributed by atoms with Crippen molar-refractivity contribution < 1.29 is 14.3 Å². The van der Waals surface area contributed by atoms with Crippen molar-refractivity contribution in [3.8, 4) is 5.69 Å². The number of hydrogen-bond acceptors (Lipinski definition) is 3. The zero-order valence-electron chi connectivity index (χ0n) is 12.1. The Balaban J connectivity index is 2.25. The van der Waals surface area contributed by atoms with E-state index in [4.69, 9.17) is 5.11 Å². The van der Waals surface area contributed by atoms with Crippen LogP contribution in [0.3, 0.4) is 0 Å². The molecule has 0 fully saturated rings. The minimum Gasteiger partial charge on any atom is -0.395 e. The predicted molar refractivity (Wildman–Crippen MR) is 76.8 cm³/mol. The summed E-state index contributed by atoms with van der Waals surface area (Å²) in [5, 5.41) is 15.7. The summed E-state index contributed by atoms with van der Waals surface area (Å²) in [5.74, 6) is -0.460. The van der Waals surface area contributed by atoms with Gasteiger partial charge >= 0.3 is 0 Å². The number of halogens is 1. The largest absolute Gasteiger partial charge is 0.395 e. The van der Waals surface area contributed by atoms with E-state index in [-0.39, 0.29) is 31.3 Å². The Hall–Kier alpha value is -2.21. The third kappa shape index (κ3) is 3.46. The average molecular weight is 291 g/mol. The van der Waals surface area contributed by atoms with Crippen LogP contribution < -0.4 is 5.32 Å². The number of hydrogen-bond donors (Lipinski definition) is 2. The van der Waals surface area contributed by atoms with E-state index < -0.39 is 0 Å². The van der Waals surface area contributed by atoms with Gasteiger partial charge in [-0.3, -0.25) is 4.79 Å². The number of nitrogens with one attached hydrogen (secondary N) is 1. The highest BCUT2D eigenvalue weighted by Crippen LogP contribution is 2.18. The van der Waals surface area contributed by atoms with Crippen LogP contribution in [0, 0.1) is 19.7 Å².